The molecule has 13 heteroatoms. The molecule has 4 unspecified atom stereocenters. The van der Waals surface area contributed by atoms with Gasteiger partial charge in [0.2, 0.25) is 0 Å². The summed E-state index contributed by atoms with van der Waals surface area (Å²) >= 11 is 14.2. The largest absolute Gasteiger partial charge is 2.00 e. The number of carbonyl (C=O) groups excluding carboxylic acids is 2. The van der Waals surface area contributed by atoms with Crippen molar-refractivity contribution in [1.29, 1.82) is 0 Å². The summed E-state index contributed by atoms with van der Waals surface area (Å²) in [7, 11) is 0. The molecule has 0 spiro atoms. The molecule has 2 aliphatic carbocycles. The van der Waals surface area contributed by atoms with Gasteiger partial charge in [-0.15, -0.1) is 11.5 Å². The average molecular weight is 714 g/mol. The van der Waals surface area contributed by atoms with E-state index in [9.17, 15) is 19.8 Å². The molecule has 4 atom stereocenters. The van der Waals surface area contributed by atoms with Crippen molar-refractivity contribution in [2.75, 3.05) is 25.7 Å². The van der Waals surface area contributed by atoms with E-state index in [1.54, 1.807) is 35.7 Å². The Hall–Kier alpha value is -1.11. The number of carbonyl (C=O) groups is 2. The molecule has 0 fully saturated rings. The third kappa shape index (κ3) is 16.0. The molecule has 45 heavy (non-hydrogen) atoms. The zero-order valence-corrected chi connectivity index (χ0v) is 31.9. The fraction of sp³-hybridized carbons (Fsp3) is 0.625. The summed E-state index contributed by atoms with van der Waals surface area (Å²) in [5, 5.41) is 31.6. The number of allylic oxidation sites excluding steroid dienone is 4. The van der Waals surface area contributed by atoms with Gasteiger partial charge in [0.1, 0.15) is 13.2 Å². The van der Waals surface area contributed by atoms with Crippen LogP contribution >= 0.6 is 46.7 Å². The standard InChI is InChI=1S/2C16H24ClNO3S.Mg/c2*1-4-15(18-21-7-5-6-17)16(2,22-3)11-12-8-13(19)10-14(20)9-12;/h2*5-6,10,12,19H,4,7-9,11H2,1-3H3;/q;;+2/p-2/b2*6-5+,18-15?;. The molecular weight excluding hydrogens is 668 g/mol. The number of halogens is 2. The Labute approximate surface area is 303 Å². The van der Waals surface area contributed by atoms with Crippen molar-refractivity contribution in [3.63, 3.8) is 0 Å². The van der Waals surface area contributed by atoms with E-state index in [0.717, 1.165) is 37.1 Å². The Morgan fingerprint density at radius 2 is 1.18 bits per heavy atom. The van der Waals surface area contributed by atoms with Crippen LogP contribution in [0.3, 0.4) is 0 Å². The summed E-state index contributed by atoms with van der Waals surface area (Å²) in [6.07, 6.45) is 14.6. The zero-order chi connectivity index (χ0) is 33.2. The van der Waals surface area contributed by atoms with E-state index >= 15 is 0 Å². The molecule has 0 aromatic rings. The number of hydrogen-bond donors (Lipinski definition) is 0. The maximum Gasteiger partial charge on any atom is 2.00 e. The van der Waals surface area contributed by atoms with Gasteiger partial charge in [-0.1, -0.05) is 47.4 Å². The predicted molar refractivity (Wildman–Crippen MR) is 188 cm³/mol. The molecule has 0 bridgehead atoms. The summed E-state index contributed by atoms with van der Waals surface area (Å²) in [5.41, 5.74) is 4.64. The van der Waals surface area contributed by atoms with Gasteiger partial charge in [-0.2, -0.15) is 23.5 Å². The molecule has 0 aliphatic heterocycles. The molecule has 0 saturated carbocycles. The summed E-state index contributed by atoms with van der Waals surface area (Å²) in [6.45, 7) is 8.89. The van der Waals surface area contributed by atoms with Crippen LogP contribution in [0.2, 0.25) is 0 Å². The third-order valence-corrected chi connectivity index (χ3v) is 10.6. The van der Waals surface area contributed by atoms with Gasteiger partial charge in [0.15, 0.2) is 11.6 Å². The maximum atomic E-state index is 11.6. The second-order valence-electron chi connectivity index (χ2n) is 11.1. The van der Waals surface area contributed by atoms with Crippen LogP contribution in [0.1, 0.15) is 79.1 Å². The topological polar surface area (TPSA) is 123 Å². The number of nitrogens with zero attached hydrogens (tertiary/aromatic N) is 2. The van der Waals surface area contributed by atoms with Crippen LogP contribution in [-0.2, 0) is 19.3 Å². The summed E-state index contributed by atoms with van der Waals surface area (Å²) < 4.78 is -0.496. The van der Waals surface area contributed by atoms with Crippen molar-refractivity contribution in [3.8, 4) is 0 Å². The first kappa shape index (κ1) is 43.9. The fourth-order valence-corrected chi connectivity index (χ4v) is 7.15. The fourth-order valence-electron chi connectivity index (χ4n) is 5.36. The molecule has 2 aliphatic rings. The van der Waals surface area contributed by atoms with E-state index in [-0.39, 0.29) is 67.5 Å². The van der Waals surface area contributed by atoms with E-state index in [4.69, 9.17) is 32.9 Å². The van der Waals surface area contributed by atoms with Crippen molar-refractivity contribution in [1.82, 2.24) is 0 Å². The first-order valence-electron chi connectivity index (χ1n) is 14.7. The molecule has 0 N–H and O–H groups in total. The van der Waals surface area contributed by atoms with Gasteiger partial charge in [-0.05, 0) is 101 Å². The van der Waals surface area contributed by atoms with Gasteiger partial charge in [0.25, 0.3) is 0 Å². The maximum absolute atomic E-state index is 11.6. The molecule has 0 heterocycles. The molecule has 0 aromatic carbocycles. The summed E-state index contributed by atoms with van der Waals surface area (Å²) in [4.78, 5) is 33.7. The van der Waals surface area contributed by atoms with E-state index < -0.39 is 0 Å². The number of hydrogen-bond acceptors (Lipinski definition) is 10. The number of oxime groups is 2. The van der Waals surface area contributed by atoms with Gasteiger partial charge < -0.3 is 19.9 Å². The Kier molecular flexibility index (Phi) is 22.7. The minimum absolute atomic E-state index is 0. The van der Waals surface area contributed by atoms with Crippen LogP contribution in [0.4, 0.5) is 0 Å². The second-order valence-corrected chi connectivity index (χ2v) is 14.2. The smallest absolute Gasteiger partial charge is 0.875 e. The Balaban J connectivity index is 0.000000842. The Morgan fingerprint density at radius 1 is 0.822 bits per heavy atom. The number of rotatable bonds is 16. The van der Waals surface area contributed by atoms with Crippen LogP contribution in [0, 0.1) is 11.8 Å². The van der Waals surface area contributed by atoms with Crippen molar-refractivity contribution >= 4 is 92.8 Å². The molecular formula is C32H46Cl2MgN2O6S2. The molecule has 248 valence electrons. The minimum Gasteiger partial charge on any atom is -0.875 e. The monoisotopic (exact) mass is 712 g/mol. The van der Waals surface area contributed by atoms with Crippen LogP contribution in [0.25, 0.3) is 0 Å². The zero-order valence-electron chi connectivity index (χ0n) is 27.3. The molecule has 0 saturated heterocycles. The van der Waals surface area contributed by atoms with Gasteiger partial charge in [-0.3, -0.25) is 9.59 Å². The quantitative estimate of drug-likeness (QED) is 0.0810. The number of thioether (sulfide) groups is 2. The molecule has 8 nitrogen and oxygen atoms in total. The minimum atomic E-state index is -0.248. The first-order valence-corrected chi connectivity index (χ1v) is 18.0. The van der Waals surface area contributed by atoms with Gasteiger partial charge >= 0.3 is 23.1 Å². The van der Waals surface area contributed by atoms with Crippen LogP contribution in [0.15, 0.2) is 57.2 Å². The molecule has 0 amide bonds. The molecule has 2 rings (SSSR count). The van der Waals surface area contributed by atoms with E-state index in [1.165, 1.54) is 23.2 Å². The molecule has 0 radical (unpaired) electrons. The van der Waals surface area contributed by atoms with E-state index in [1.807, 2.05) is 26.4 Å². The van der Waals surface area contributed by atoms with Crippen molar-refractivity contribution in [2.45, 2.75) is 88.6 Å². The van der Waals surface area contributed by atoms with Crippen molar-refractivity contribution < 1.29 is 29.5 Å². The third-order valence-electron chi connectivity index (χ3n) is 7.62. The van der Waals surface area contributed by atoms with Crippen molar-refractivity contribution in [2.24, 2.45) is 22.1 Å². The van der Waals surface area contributed by atoms with Crippen LogP contribution in [0.5, 0.6) is 0 Å². The Morgan fingerprint density at radius 3 is 1.44 bits per heavy atom. The van der Waals surface area contributed by atoms with Gasteiger partial charge in [-0.25, -0.2) is 0 Å². The summed E-state index contributed by atoms with van der Waals surface area (Å²) in [6, 6.07) is 0. The summed E-state index contributed by atoms with van der Waals surface area (Å²) in [5.74, 6) is -0.123. The van der Waals surface area contributed by atoms with Gasteiger partial charge in [0.05, 0.1) is 20.9 Å². The predicted octanol–water partition coefficient (Wildman–Crippen LogP) is 6.13. The second kappa shape index (κ2) is 23.3. The molecule has 0 aromatic heterocycles. The van der Waals surface area contributed by atoms with E-state index in [0.29, 0.717) is 38.9 Å². The average Bonchev–Trinajstić information content (AvgIpc) is 2.96. The number of ketones is 2. The normalized spacial score (nSPS) is 22.0. The van der Waals surface area contributed by atoms with Crippen molar-refractivity contribution in [3.05, 3.63) is 46.9 Å². The first-order chi connectivity index (χ1) is 20.9. The van der Waals surface area contributed by atoms with Crippen LogP contribution in [-0.4, -0.2) is 81.3 Å². The van der Waals surface area contributed by atoms with E-state index in [2.05, 4.69) is 24.2 Å². The Bertz CT molecular complexity index is 1040. The van der Waals surface area contributed by atoms with Crippen LogP contribution < -0.4 is 10.2 Å². The van der Waals surface area contributed by atoms with Gasteiger partial charge in [0, 0.05) is 23.9 Å². The SMILES string of the molecule is CCC(=NOC/C=C/Cl)C(C)(CC1CC(=O)C=C([O-])C1)SC.CCC(=NOC/C=C/Cl)C(C)(CC1CC(=O)C=C([O-])C1)SC.[Mg+2].